The molecule has 0 spiro atoms. The number of alkyl halides is 4. The second-order valence-electron chi connectivity index (χ2n) is 6.75. The first kappa shape index (κ1) is 21.4. The molecule has 152 valence electrons. The minimum atomic E-state index is -4.73. The van der Waals surface area contributed by atoms with Crippen LogP contribution in [0.1, 0.15) is 36.5 Å². The summed E-state index contributed by atoms with van der Waals surface area (Å²) in [7, 11) is 0. The van der Waals surface area contributed by atoms with E-state index in [4.69, 9.17) is 0 Å². The van der Waals surface area contributed by atoms with Crippen LogP contribution >= 0.6 is 0 Å². The van der Waals surface area contributed by atoms with Gasteiger partial charge in [0.1, 0.15) is 5.75 Å². The molecule has 1 amide bonds. The first-order chi connectivity index (χ1) is 12.7. The standard InChI is InChI=1S/C18H23F4NO4/c1-2-7-17(11-24)8-9-23(10-14(17)25)15(26)12-5-3-4-6-13(12)27-18(21,22)16(19)20/h3-6,14,16,24-25H,2,7-11H2,1H3/t14-,17+/m0/s1. The van der Waals surface area contributed by atoms with Gasteiger partial charge in [-0.05, 0) is 25.0 Å². The Morgan fingerprint density at radius 2 is 2.07 bits per heavy atom. The van der Waals surface area contributed by atoms with Gasteiger partial charge in [0.15, 0.2) is 0 Å². The number of carbonyl (C=O) groups excluding carboxylic acids is 1. The molecule has 1 aromatic rings. The van der Waals surface area contributed by atoms with E-state index in [1.54, 1.807) is 0 Å². The summed E-state index contributed by atoms with van der Waals surface area (Å²) in [6, 6.07) is 4.90. The van der Waals surface area contributed by atoms with Crippen LogP contribution in [0.5, 0.6) is 5.75 Å². The van der Waals surface area contributed by atoms with Crippen LogP contribution in [0, 0.1) is 5.41 Å². The predicted octanol–water partition coefficient (Wildman–Crippen LogP) is 2.91. The van der Waals surface area contributed by atoms with Gasteiger partial charge in [0.2, 0.25) is 0 Å². The van der Waals surface area contributed by atoms with Crippen LogP contribution < -0.4 is 4.74 Å². The molecule has 1 aromatic carbocycles. The minimum absolute atomic E-state index is 0.0982. The van der Waals surface area contributed by atoms with Gasteiger partial charge in [-0.3, -0.25) is 4.79 Å². The fraction of sp³-hybridized carbons (Fsp3) is 0.611. The second kappa shape index (κ2) is 8.43. The SMILES string of the molecule is CCC[C@]1(CO)CCN(C(=O)c2ccccc2OC(F)(F)C(F)F)C[C@@H]1O. The zero-order valence-corrected chi connectivity index (χ0v) is 14.9. The molecule has 5 nitrogen and oxygen atoms in total. The largest absolute Gasteiger partial charge is 0.461 e. The monoisotopic (exact) mass is 393 g/mol. The molecule has 9 heteroatoms. The number of aliphatic hydroxyl groups is 2. The number of ether oxygens (including phenoxy) is 1. The van der Waals surface area contributed by atoms with Crippen LogP contribution in [-0.4, -0.2) is 59.4 Å². The molecule has 1 heterocycles. The highest BCUT2D eigenvalue weighted by Gasteiger charge is 2.46. The smallest absolute Gasteiger partial charge is 0.427 e. The van der Waals surface area contributed by atoms with Gasteiger partial charge in [-0.1, -0.05) is 25.5 Å². The predicted molar refractivity (Wildman–Crippen MR) is 89.0 cm³/mol. The third kappa shape index (κ3) is 4.52. The molecule has 0 aromatic heterocycles. The molecule has 27 heavy (non-hydrogen) atoms. The first-order valence-corrected chi connectivity index (χ1v) is 8.69. The van der Waals surface area contributed by atoms with Gasteiger partial charge in [0.25, 0.3) is 5.91 Å². The zero-order valence-electron chi connectivity index (χ0n) is 14.9. The van der Waals surface area contributed by atoms with E-state index < -0.39 is 35.7 Å². The molecule has 1 saturated heterocycles. The third-order valence-electron chi connectivity index (χ3n) is 4.95. The minimum Gasteiger partial charge on any atom is -0.427 e. The van der Waals surface area contributed by atoms with Crippen molar-refractivity contribution in [3.05, 3.63) is 29.8 Å². The van der Waals surface area contributed by atoms with Gasteiger partial charge >= 0.3 is 12.5 Å². The Morgan fingerprint density at radius 1 is 1.41 bits per heavy atom. The van der Waals surface area contributed by atoms with Gasteiger partial charge in [0, 0.05) is 18.5 Å². The van der Waals surface area contributed by atoms with Gasteiger partial charge in [0.05, 0.1) is 18.3 Å². The number of rotatable bonds is 7. The average Bonchev–Trinajstić information content (AvgIpc) is 2.63. The first-order valence-electron chi connectivity index (χ1n) is 8.69. The zero-order chi connectivity index (χ0) is 20.2. The van der Waals surface area contributed by atoms with Crippen molar-refractivity contribution < 1.29 is 37.3 Å². The lowest BCUT2D eigenvalue weighted by atomic mass is 9.73. The molecule has 1 fully saturated rings. The number of aliphatic hydroxyl groups excluding tert-OH is 2. The summed E-state index contributed by atoms with van der Waals surface area (Å²) >= 11 is 0. The molecule has 0 saturated carbocycles. The molecule has 1 aliphatic heterocycles. The molecular formula is C18H23F4NO4. The number of likely N-dealkylation sites (tertiary alicyclic amines) is 1. The Bertz CT molecular complexity index is 658. The molecule has 0 radical (unpaired) electrons. The van der Waals surface area contributed by atoms with Crippen molar-refractivity contribution in [3.8, 4) is 5.75 Å². The second-order valence-corrected chi connectivity index (χ2v) is 6.75. The summed E-state index contributed by atoms with van der Waals surface area (Å²) in [4.78, 5) is 14.0. The Morgan fingerprint density at radius 3 is 2.63 bits per heavy atom. The fourth-order valence-corrected chi connectivity index (χ4v) is 3.35. The van der Waals surface area contributed by atoms with Gasteiger partial charge < -0.3 is 19.8 Å². The lowest BCUT2D eigenvalue weighted by Crippen LogP contribution is -2.54. The maximum atomic E-state index is 13.2. The van der Waals surface area contributed by atoms with Crippen molar-refractivity contribution in [1.82, 2.24) is 4.90 Å². The van der Waals surface area contributed by atoms with Crippen LogP contribution in [-0.2, 0) is 0 Å². The van der Waals surface area contributed by atoms with E-state index in [0.29, 0.717) is 12.8 Å². The number of nitrogens with zero attached hydrogens (tertiary/aromatic N) is 1. The van der Waals surface area contributed by atoms with Crippen LogP contribution in [0.25, 0.3) is 0 Å². The van der Waals surface area contributed by atoms with E-state index in [-0.39, 0.29) is 25.3 Å². The molecule has 0 aliphatic carbocycles. The van der Waals surface area contributed by atoms with Gasteiger partial charge in [-0.15, -0.1) is 0 Å². The summed E-state index contributed by atoms with van der Waals surface area (Å²) in [6.45, 7) is 1.78. The number of benzene rings is 1. The number of hydrogen-bond donors (Lipinski definition) is 2. The molecule has 1 aliphatic rings. The highest BCUT2D eigenvalue weighted by atomic mass is 19.3. The quantitative estimate of drug-likeness (QED) is 0.699. The molecule has 0 unspecified atom stereocenters. The molecular weight excluding hydrogens is 370 g/mol. The molecule has 2 rings (SSSR count). The Balaban J connectivity index is 2.20. The lowest BCUT2D eigenvalue weighted by molar-refractivity contribution is -0.253. The van der Waals surface area contributed by atoms with Crippen LogP contribution in [0.3, 0.4) is 0 Å². The van der Waals surface area contributed by atoms with E-state index in [1.165, 1.54) is 23.1 Å². The van der Waals surface area contributed by atoms with Crippen LogP contribution in [0.2, 0.25) is 0 Å². The topological polar surface area (TPSA) is 70.0 Å². The van der Waals surface area contributed by atoms with E-state index >= 15 is 0 Å². The normalized spacial score (nSPS) is 23.6. The molecule has 0 bridgehead atoms. The summed E-state index contributed by atoms with van der Waals surface area (Å²) < 4.78 is 55.4. The summed E-state index contributed by atoms with van der Waals surface area (Å²) in [5.74, 6) is -1.37. The Hall–Kier alpha value is -1.87. The Kier molecular flexibility index (Phi) is 6.69. The van der Waals surface area contributed by atoms with E-state index in [2.05, 4.69) is 4.74 Å². The van der Waals surface area contributed by atoms with E-state index in [1.807, 2.05) is 6.92 Å². The van der Waals surface area contributed by atoms with Crippen molar-refractivity contribution in [2.24, 2.45) is 5.41 Å². The molecule has 2 atom stereocenters. The molecule has 2 N–H and O–H groups in total. The highest BCUT2D eigenvalue weighted by molar-refractivity contribution is 5.97. The van der Waals surface area contributed by atoms with Gasteiger partial charge in [-0.25, -0.2) is 0 Å². The van der Waals surface area contributed by atoms with Gasteiger partial charge in [-0.2, -0.15) is 17.6 Å². The van der Waals surface area contributed by atoms with E-state index in [9.17, 15) is 32.6 Å². The number of piperidine rings is 1. The summed E-state index contributed by atoms with van der Waals surface area (Å²) in [6.07, 6.45) is -8.11. The van der Waals surface area contributed by atoms with Crippen molar-refractivity contribution >= 4 is 5.91 Å². The van der Waals surface area contributed by atoms with Crippen LogP contribution in [0.4, 0.5) is 17.6 Å². The van der Waals surface area contributed by atoms with E-state index in [0.717, 1.165) is 12.5 Å². The summed E-state index contributed by atoms with van der Waals surface area (Å²) in [5, 5.41) is 20.1. The maximum Gasteiger partial charge on any atom is 0.461 e. The van der Waals surface area contributed by atoms with Crippen molar-refractivity contribution in [1.29, 1.82) is 0 Å². The van der Waals surface area contributed by atoms with Crippen molar-refractivity contribution in [2.45, 2.75) is 44.8 Å². The van der Waals surface area contributed by atoms with Crippen LogP contribution in [0.15, 0.2) is 24.3 Å². The number of carbonyl (C=O) groups is 1. The number of amides is 1. The number of para-hydroxylation sites is 1. The number of β-amino-alcohol motifs (C(OH)–C–C–N with tert-alkyl or cyclic N) is 1. The lowest BCUT2D eigenvalue weighted by Gasteiger charge is -2.44. The van der Waals surface area contributed by atoms with Crippen molar-refractivity contribution in [3.63, 3.8) is 0 Å². The number of hydrogen-bond acceptors (Lipinski definition) is 4. The average molecular weight is 393 g/mol. The maximum absolute atomic E-state index is 13.2. The Labute approximate surface area is 154 Å². The summed E-state index contributed by atoms with van der Waals surface area (Å²) in [5.41, 5.74) is -1.01. The van der Waals surface area contributed by atoms with Crippen molar-refractivity contribution in [2.75, 3.05) is 19.7 Å². The highest BCUT2D eigenvalue weighted by Crippen LogP contribution is 2.37. The third-order valence-corrected chi connectivity index (χ3v) is 4.95. The fourth-order valence-electron chi connectivity index (χ4n) is 3.35. The number of halogens is 4.